The van der Waals surface area contributed by atoms with Gasteiger partial charge < -0.3 is 11.1 Å². The number of carbonyl (C=O) groups excluding carboxylic acids is 2. The fraction of sp³-hybridized carbons (Fsp3) is 0.208. The van der Waals surface area contributed by atoms with Gasteiger partial charge in [-0.1, -0.05) is 19.1 Å². The van der Waals surface area contributed by atoms with Crippen molar-refractivity contribution in [1.82, 2.24) is 10.3 Å². The highest BCUT2D eigenvalue weighted by Gasteiger charge is 2.22. The first-order valence-electron chi connectivity index (χ1n) is 10.1. The summed E-state index contributed by atoms with van der Waals surface area (Å²) < 4.78 is 41.5. The minimum absolute atomic E-state index is 0.0675. The zero-order chi connectivity index (χ0) is 23.3. The average Bonchev–Trinajstić information content (AvgIpc) is 2.73. The van der Waals surface area contributed by atoms with Crippen molar-refractivity contribution in [3.8, 4) is 11.1 Å². The normalized spacial score (nSPS) is 11.8. The number of nitrogens with zero attached hydrogens (tertiary/aromatic N) is 1. The van der Waals surface area contributed by atoms with Gasteiger partial charge >= 0.3 is 0 Å². The molecule has 8 heteroatoms. The van der Waals surface area contributed by atoms with Crippen LogP contribution >= 0.6 is 0 Å². The van der Waals surface area contributed by atoms with Gasteiger partial charge in [0.1, 0.15) is 17.5 Å². The number of nitrogens with two attached hydrogens (primary N) is 1. The molecule has 0 aliphatic heterocycles. The van der Waals surface area contributed by atoms with Crippen molar-refractivity contribution in [3.05, 3.63) is 89.0 Å². The average molecular weight is 441 g/mol. The summed E-state index contributed by atoms with van der Waals surface area (Å²) in [4.78, 5) is 28.4. The number of rotatable bonds is 8. The summed E-state index contributed by atoms with van der Waals surface area (Å²) in [6.45, 7) is 1.85. The molecule has 0 aliphatic rings. The van der Waals surface area contributed by atoms with Crippen molar-refractivity contribution in [1.29, 1.82) is 0 Å². The Morgan fingerprint density at radius 1 is 1.06 bits per heavy atom. The van der Waals surface area contributed by atoms with E-state index in [0.29, 0.717) is 28.8 Å². The quantitative estimate of drug-likeness (QED) is 0.541. The number of primary amides is 1. The smallest absolute Gasteiger partial charge is 0.251 e. The van der Waals surface area contributed by atoms with Gasteiger partial charge in [0.2, 0.25) is 5.91 Å². The Morgan fingerprint density at radius 3 is 2.44 bits per heavy atom. The number of benzene rings is 2. The molecule has 0 saturated heterocycles. The summed E-state index contributed by atoms with van der Waals surface area (Å²) in [5, 5.41) is 2.87. The molecule has 0 aliphatic carbocycles. The van der Waals surface area contributed by atoms with Gasteiger partial charge in [0, 0.05) is 24.2 Å². The van der Waals surface area contributed by atoms with Crippen LogP contribution in [0.3, 0.4) is 0 Å². The van der Waals surface area contributed by atoms with Crippen molar-refractivity contribution in [3.63, 3.8) is 0 Å². The molecule has 0 saturated carbocycles. The lowest BCUT2D eigenvalue weighted by atomic mass is 9.94. The standard InChI is InChI=1S/C24H22F3N3O2/c1-2-4-22(31)30-21(11-14-9-16(25)13-17(26)10-14)23-18(5-3-8-29-23)15-6-7-20(27)19(12-15)24(28)32/h3,5-10,12-13,21H,2,4,11H2,1H3,(H2,28,32)(H,30,31)/t21-/m0/s1. The molecule has 32 heavy (non-hydrogen) atoms. The van der Waals surface area contributed by atoms with E-state index in [1.54, 1.807) is 12.1 Å². The van der Waals surface area contributed by atoms with Crippen LogP contribution in [0.4, 0.5) is 13.2 Å². The van der Waals surface area contributed by atoms with Gasteiger partial charge in [0.05, 0.1) is 17.3 Å². The zero-order valence-corrected chi connectivity index (χ0v) is 17.4. The number of carbonyl (C=O) groups is 2. The van der Waals surface area contributed by atoms with E-state index < -0.39 is 29.4 Å². The Balaban J connectivity index is 2.08. The molecule has 166 valence electrons. The predicted octanol–water partition coefficient (Wildman–Crippen LogP) is 4.46. The van der Waals surface area contributed by atoms with Crippen LogP contribution in [-0.2, 0) is 11.2 Å². The topological polar surface area (TPSA) is 85.1 Å². The van der Waals surface area contributed by atoms with Crippen molar-refractivity contribution >= 4 is 11.8 Å². The number of aromatic nitrogens is 1. The van der Waals surface area contributed by atoms with Gasteiger partial charge in [-0.2, -0.15) is 0 Å². The predicted molar refractivity (Wildman–Crippen MR) is 114 cm³/mol. The zero-order valence-electron chi connectivity index (χ0n) is 17.4. The first kappa shape index (κ1) is 23.0. The van der Waals surface area contributed by atoms with E-state index in [4.69, 9.17) is 5.73 Å². The van der Waals surface area contributed by atoms with Crippen LogP contribution in [0.15, 0.2) is 54.7 Å². The second kappa shape index (κ2) is 10.1. The van der Waals surface area contributed by atoms with Crippen LogP contribution in [0.25, 0.3) is 11.1 Å². The van der Waals surface area contributed by atoms with E-state index in [-0.39, 0.29) is 24.3 Å². The van der Waals surface area contributed by atoms with E-state index in [9.17, 15) is 22.8 Å². The Labute approximate surface area is 183 Å². The monoisotopic (exact) mass is 441 g/mol. The van der Waals surface area contributed by atoms with Crippen LogP contribution in [0, 0.1) is 17.5 Å². The lowest BCUT2D eigenvalue weighted by Gasteiger charge is -2.22. The molecule has 1 aromatic heterocycles. The summed E-state index contributed by atoms with van der Waals surface area (Å²) in [7, 11) is 0. The maximum atomic E-state index is 14.0. The van der Waals surface area contributed by atoms with Gasteiger partial charge in [-0.3, -0.25) is 14.6 Å². The fourth-order valence-corrected chi connectivity index (χ4v) is 3.50. The molecule has 3 N–H and O–H groups in total. The maximum Gasteiger partial charge on any atom is 0.251 e. The Morgan fingerprint density at radius 2 is 1.78 bits per heavy atom. The van der Waals surface area contributed by atoms with Crippen LogP contribution in [0.2, 0.25) is 0 Å². The Hall–Kier alpha value is -3.68. The molecule has 0 bridgehead atoms. The Bertz CT molecular complexity index is 1130. The van der Waals surface area contributed by atoms with Gasteiger partial charge in [0.15, 0.2) is 0 Å². The van der Waals surface area contributed by atoms with Gasteiger partial charge in [-0.25, -0.2) is 13.2 Å². The number of nitrogens with one attached hydrogen (secondary N) is 1. The minimum Gasteiger partial charge on any atom is -0.366 e. The summed E-state index contributed by atoms with van der Waals surface area (Å²) >= 11 is 0. The molecule has 5 nitrogen and oxygen atoms in total. The summed E-state index contributed by atoms with van der Waals surface area (Å²) in [5.41, 5.74) is 6.71. The number of halogens is 3. The third kappa shape index (κ3) is 5.51. The third-order valence-electron chi connectivity index (χ3n) is 4.89. The lowest BCUT2D eigenvalue weighted by Crippen LogP contribution is -2.30. The van der Waals surface area contributed by atoms with Crippen molar-refractivity contribution in [2.24, 2.45) is 5.73 Å². The van der Waals surface area contributed by atoms with E-state index >= 15 is 0 Å². The number of amides is 2. The summed E-state index contributed by atoms with van der Waals surface area (Å²) in [6.07, 6.45) is 2.46. The molecule has 0 radical (unpaired) electrons. The largest absolute Gasteiger partial charge is 0.366 e. The van der Waals surface area contributed by atoms with Crippen molar-refractivity contribution in [2.45, 2.75) is 32.2 Å². The van der Waals surface area contributed by atoms with Gasteiger partial charge in [0.25, 0.3) is 5.91 Å². The lowest BCUT2D eigenvalue weighted by molar-refractivity contribution is -0.121. The molecular formula is C24H22F3N3O2. The van der Waals surface area contributed by atoms with E-state index in [0.717, 1.165) is 12.1 Å². The Kier molecular flexibility index (Phi) is 7.25. The van der Waals surface area contributed by atoms with Crippen LogP contribution in [0.1, 0.15) is 47.4 Å². The van der Waals surface area contributed by atoms with Crippen LogP contribution < -0.4 is 11.1 Å². The highest BCUT2D eigenvalue weighted by molar-refractivity contribution is 5.94. The van der Waals surface area contributed by atoms with E-state index in [1.165, 1.54) is 30.5 Å². The fourth-order valence-electron chi connectivity index (χ4n) is 3.50. The van der Waals surface area contributed by atoms with Crippen molar-refractivity contribution < 1.29 is 22.8 Å². The molecule has 2 aromatic carbocycles. The SMILES string of the molecule is CCCC(=O)N[C@@H](Cc1cc(F)cc(F)c1)c1ncccc1-c1ccc(F)c(C(N)=O)c1. The molecule has 3 aromatic rings. The molecule has 0 fully saturated rings. The minimum atomic E-state index is -0.919. The number of hydrogen-bond acceptors (Lipinski definition) is 3. The van der Waals surface area contributed by atoms with E-state index in [1.807, 2.05) is 6.92 Å². The number of hydrogen-bond donors (Lipinski definition) is 2. The highest BCUT2D eigenvalue weighted by Crippen LogP contribution is 2.30. The molecular weight excluding hydrogens is 419 g/mol. The highest BCUT2D eigenvalue weighted by atomic mass is 19.1. The first-order valence-corrected chi connectivity index (χ1v) is 10.1. The molecule has 1 atom stereocenters. The molecule has 1 heterocycles. The van der Waals surface area contributed by atoms with Crippen LogP contribution in [0.5, 0.6) is 0 Å². The van der Waals surface area contributed by atoms with Crippen LogP contribution in [-0.4, -0.2) is 16.8 Å². The van der Waals surface area contributed by atoms with Gasteiger partial charge in [-0.15, -0.1) is 0 Å². The molecule has 2 amide bonds. The maximum absolute atomic E-state index is 14.0. The van der Waals surface area contributed by atoms with E-state index in [2.05, 4.69) is 10.3 Å². The third-order valence-corrected chi connectivity index (χ3v) is 4.89. The second-order valence-electron chi connectivity index (χ2n) is 7.35. The summed E-state index contributed by atoms with van der Waals surface area (Å²) in [6, 6.07) is 9.67. The van der Waals surface area contributed by atoms with Crippen molar-refractivity contribution in [2.75, 3.05) is 0 Å². The second-order valence-corrected chi connectivity index (χ2v) is 7.35. The molecule has 0 unspecified atom stereocenters. The van der Waals surface area contributed by atoms with Gasteiger partial charge in [-0.05, 0) is 54.3 Å². The first-order chi connectivity index (χ1) is 15.3. The molecule has 0 spiro atoms. The molecule has 3 rings (SSSR count). The number of pyridine rings is 1. The summed E-state index contributed by atoms with van der Waals surface area (Å²) in [5.74, 6) is -3.38.